The molecule has 22 heavy (non-hydrogen) atoms. The summed E-state index contributed by atoms with van der Waals surface area (Å²) in [6.45, 7) is 2.36. The van der Waals surface area contributed by atoms with Crippen molar-refractivity contribution >= 4 is 17.3 Å². The van der Waals surface area contributed by atoms with Gasteiger partial charge in [0.1, 0.15) is 5.69 Å². The minimum atomic E-state index is -4.45. The number of halogens is 3. The monoisotopic (exact) mass is 329 g/mol. The van der Waals surface area contributed by atoms with Gasteiger partial charge in [-0.1, -0.05) is 0 Å². The number of nitrogens with zero attached hydrogens (tertiary/aromatic N) is 4. The van der Waals surface area contributed by atoms with E-state index in [2.05, 4.69) is 25.2 Å². The van der Waals surface area contributed by atoms with E-state index >= 15 is 0 Å². The Bertz CT molecular complexity index is 616. The Hall–Kier alpha value is -1.74. The molecule has 0 radical (unpaired) electrons. The van der Waals surface area contributed by atoms with Crippen molar-refractivity contribution in [3.63, 3.8) is 0 Å². The fourth-order valence-corrected chi connectivity index (χ4v) is 2.96. The first-order valence-electron chi connectivity index (χ1n) is 6.77. The summed E-state index contributed by atoms with van der Waals surface area (Å²) in [5.41, 5.74) is 1.88. The van der Waals surface area contributed by atoms with Gasteiger partial charge in [0, 0.05) is 37.3 Å². The zero-order valence-corrected chi connectivity index (χ0v) is 12.4. The molecule has 0 aromatic carbocycles. The summed E-state index contributed by atoms with van der Waals surface area (Å²) in [4.78, 5) is 13.8. The Labute approximate surface area is 129 Å². The summed E-state index contributed by atoms with van der Waals surface area (Å²) in [5, 5.41) is 4.98. The first-order chi connectivity index (χ1) is 10.5. The minimum absolute atomic E-state index is 0.0235. The Morgan fingerprint density at radius 1 is 1.36 bits per heavy atom. The van der Waals surface area contributed by atoms with Crippen LogP contribution in [0.3, 0.4) is 0 Å². The lowest BCUT2D eigenvalue weighted by Crippen LogP contribution is -2.27. The van der Waals surface area contributed by atoms with Crippen LogP contribution in [0.25, 0.3) is 0 Å². The molecule has 1 fully saturated rings. The molecule has 5 nitrogen and oxygen atoms in total. The molecule has 0 spiro atoms. The molecular weight excluding hydrogens is 315 g/mol. The van der Waals surface area contributed by atoms with Gasteiger partial charge in [0.05, 0.1) is 11.2 Å². The van der Waals surface area contributed by atoms with E-state index in [4.69, 9.17) is 0 Å². The van der Waals surface area contributed by atoms with Gasteiger partial charge in [0.2, 0.25) is 5.95 Å². The number of anilines is 1. The van der Waals surface area contributed by atoms with Crippen molar-refractivity contribution < 1.29 is 13.2 Å². The first kappa shape index (κ1) is 15.2. The van der Waals surface area contributed by atoms with Crippen molar-refractivity contribution in [1.82, 2.24) is 19.9 Å². The van der Waals surface area contributed by atoms with E-state index in [1.54, 1.807) is 16.8 Å². The van der Waals surface area contributed by atoms with E-state index in [1.807, 2.05) is 5.38 Å². The quantitative estimate of drug-likeness (QED) is 0.934. The lowest BCUT2D eigenvalue weighted by Gasteiger charge is -2.16. The third-order valence-corrected chi connectivity index (χ3v) is 4.06. The lowest BCUT2D eigenvalue weighted by atomic mass is 10.3. The Kier molecular flexibility index (Phi) is 4.25. The van der Waals surface area contributed by atoms with Gasteiger partial charge < -0.3 is 5.32 Å². The van der Waals surface area contributed by atoms with E-state index < -0.39 is 11.9 Å². The van der Waals surface area contributed by atoms with Crippen LogP contribution in [0.5, 0.6) is 0 Å². The topological polar surface area (TPSA) is 53.9 Å². The standard InChI is InChI=1S/C13H14F3N5S/c14-13(15,16)11-1-3-17-12(20-11)19-9-2-4-21(5-9)6-10-7-22-8-18-10/h1,3,7-9H,2,4-6H2,(H,17,19,20). The van der Waals surface area contributed by atoms with Crippen molar-refractivity contribution in [2.75, 3.05) is 18.4 Å². The van der Waals surface area contributed by atoms with Crippen LogP contribution in [0, 0.1) is 0 Å². The number of rotatable bonds is 4. The van der Waals surface area contributed by atoms with Crippen LogP contribution in [0.2, 0.25) is 0 Å². The zero-order chi connectivity index (χ0) is 15.6. The highest BCUT2D eigenvalue weighted by Crippen LogP contribution is 2.27. The largest absolute Gasteiger partial charge is 0.433 e. The smallest absolute Gasteiger partial charge is 0.350 e. The molecule has 9 heteroatoms. The normalized spacial score (nSPS) is 19.5. The van der Waals surface area contributed by atoms with Gasteiger partial charge in [-0.3, -0.25) is 4.90 Å². The fraction of sp³-hybridized carbons (Fsp3) is 0.462. The fourth-order valence-electron chi connectivity index (χ4n) is 2.41. The number of nitrogens with one attached hydrogen (secondary N) is 1. The third kappa shape index (κ3) is 3.72. The van der Waals surface area contributed by atoms with Crippen LogP contribution < -0.4 is 5.32 Å². The second kappa shape index (κ2) is 6.17. The Morgan fingerprint density at radius 2 is 2.23 bits per heavy atom. The molecule has 1 atom stereocenters. The predicted molar refractivity (Wildman–Crippen MR) is 76.5 cm³/mol. The molecule has 1 unspecified atom stereocenters. The molecule has 3 rings (SSSR count). The van der Waals surface area contributed by atoms with Crippen molar-refractivity contribution in [2.45, 2.75) is 25.2 Å². The van der Waals surface area contributed by atoms with Crippen molar-refractivity contribution in [3.05, 3.63) is 34.5 Å². The summed E-state index contributed by atoms with van der Waals surface area (Å²) in [6.07, 6.45) is -2.49. The number of likely N-dealkylation sites (tertiary alicyclic amines) is 1. The van der Waals surface area contributed by atoms with E-state index in [0.717, 1.165) is 44.0 Å². The summed E-state index contributed by atoms with van der Waals surface area (Å²) in [6, 6.07) is 0.913. The summed E-state index contributed by atoms with van der Waals surface area (Å²) >= 11 is 1.55. The van der Waals surface area contributed by atoms with E-state index in [1.165, 1.54) is 0 Å². The Balaban J connectivity index is 1.58. The highest BCUT2D eigenvalue weighted by atomic mass is 32.1. The molecule has 1 aliphatic heterocycles. The summed E-state index contributed by atoms with van der Waals surface area (Å²) in [7, 11) is 0. The molecule has 2 aromatic heterocycles. The maximum atomic E-state index is 12.6. The molecular formula is C13H14F3N5S. The molecule has 0 aliphatic carbocycles. The van der Waals surface area contributed by atoms with Crippen LogP contribution in [-0.4, -0.2) is 39.0 Å². The summed E-state index contributed by atoms with van der Waals surface area (Å²) < 4.78 is 37.9. The summed E-state index contributed by atoms with van der Waals surface area (Å²) in [5.74, 6) is 0.0235. The highest BCUT2D eigenvalue weighted by Gasteiger charge is 2.33. The second-order valence-corrected chi connectivity index (χ2v) is 5.83. The molecule has 1 N–H and O–H groups in total. The van der Waals surface area contributed by atoms with Gasteiger partial charge in [-0.2, -0.15) is 13.2 Å². The second-order valence-electron chi connectivity index (χ2n) is 5.11. The third-order valence-electron chi connectivity index (χ3n) is 3.42. The van der Waals surface area contributed by atoms with Crippen LogP contribution in [0.1, 0.15) is 17.8 Å². The molecule has 118 valence electrons. The molecule has 2 aromatic rings. The predicted octanol–water partition coefficient (Wildman–Crippen LogP) is 2.64. The number of thiazole rings is 1. The number of aromatic nitrogens is 3. The molecule has 0 amide bonds. The van der Waals surface area contributed by atoms with Crippen LogP contribution in [0.15, 0.2) is 23.2 Å². The van der Waals surface area contributed by atoms with Gasteiger partial charge in [-0.15, -0.1) is 11.3 Å². The maximum absolute atomic E-state index is 12.6. The number of hydrogen-bond donors (Lipinski definition) is 1. The van der Waals surface area contributed by atoms with E-state index in [0.29, 0.717) is 0 Å². The number of alkyl halides is 3. The maximum Gasteiger partial charge on any atom is 0.433 e. The van der Waals surface area contributed by atoms with E-state index in [9.17, 15) is 13.2 Å². The van der Waals surface area contributed by atoms with Crippen molar-refractivity contribution in [2.24, 2.45) is 0 Å². The molecule has 0 bridgehead atoms. The lowest BCUT2D eigenvalue weighted by molar-refractivity contribution is -0.141. The first-order valence-corrected chi connectivity index (χ1v) is 7.71. The average Bonchev–Trinajstić information content (AvgIpc) is 3.11. The van der Waals surface area contributed by atoms with Crippen LogP contribution >= 0.6 is 11.3 Å². The Morgan fingerprint density at radius 3 is 2.95 bits per heavy atom. The van der Waals surface area contributed by atoms with Gasteiger partial charge >= 0.3 is 6.18 Å². The van der Waals surface area contributed by atoms with Crippen LogP contribution in [0.4, 0.5) is 19.1 Å². The average molecular weight is 329 g/mol. The van der Waals surface area contributed by atoms with E-state index in [-0.39, 0.29) is 12.0 Å². The molecule has 1 aliphatic rings. The van der Waals surface area contributed by atoms with Gasteiger partial charge in [-0.25, -0.2) is 15.0 Å². The molecule has 1 saturated heterocycles. The highest BCUT2D eigenvalue weighted by molar-refractivity contribution is 7.07. The number of hydrogen-bond acceptors (Lipinski definition) is 6. The van der Waals surface area contributed by atoms with Crippen molar-refractivity contribution in [3.8, 4) is 0 Å². The molecule has 0 saturated carbocycles. The van der Waals surface area contributed by atoms with Gasteiger partial charge in [0.25, 0.3) is 0 Å². The van der Waals surface area contributed by atoms with Crippen LogP contribution in [-0.2, 0) is 12.7 Å². The van der Waals surface area contributed by atoms with Crippen molar-refractivity contribution in [1.29, 1.82) is 0 Å². The zero-order valence-electron chi connectivity index (χ0n) is 11.5. The molecule has 3 heterocycles. The minimum Gasteiger partial charge on any atom is -0.350 e. The van der Waals surface area contributed by atoms with Gasteiger partial charge in [-0.05, 0) is 12.5 Å². The SMILES string of the molecule is FC(F)(F)c1ccnc(NC2CCN(Cc3cscn3)C2)n1. The van der Waals surface area contributed by atoms with Gasteiger partial charge in [0.15, 0.2) is 0 Å².